The number of rotatable bonds is 3. The third-order valence-corrected chi connectivity index (χ3v) is 5.47. The molecule has 1 aliphatic rings. The van der Waals surface area contributed by atoms with E-state index in [4.69, 9.17) is 5.26 Å². The van der Waals surface area contributed by atoms with E-state index in [2.05, 4.69) is 0 Å². The first-order valence-electron chi connectivity index (χ1n) is 6.10. The van der Waals surface area contributed by atoms with Gasteiger partial charge in [-0.1, -0.05) is 24.3 Å². The Balaban J connectivity index is 2.53. The Morgan fingerprint density at radius 2 is 2.15 bits per heavy atom. The molecule has 7 heteroatoms. The predicted octanol–water partition coefficient (Wildman–Crippen LogP) is 0.912. The first-order chi connectivity index (χ1) is 9.39. The van der Waals surface area contributed by atoms with E-state index in [-0.39, 0.29) is 6.54 Å². The van der Waals surface area contributed by atoms with Crippen LogP contribution in [0.5, 0.6) is 0 Å². The van der Waals surface area contributed by atoms with Crippen LogP contribution in [-0.4, -0.2) is 35.6 Å². The number of carboxylic acids is 1. The van der Waals surface area contributed by atoms with Crippen molar-refractivity contribution in [3.63, 3.8) is 0 Å². The van der Waals surface area contributed by atoms with Crippen LogP contribution in [-0.2, 0) is 21.2 Å². The van der Waals surface area contributed by atoms with Crippen LogP contribution in [0.1, 0.15) is 24.1 Å². The molecule has 0 bridgehead atoms. The Morgan fingerprint density at radius 1 is 1.50 bits per heavy atom. The third kappa shape index (κ3) is 2.28. The second-order valence-corrected chi connectivity index (χ2v) is 6.82. The smallest absolute Gasteiger partial charge is 0.326 e. The Hall–Kier alpha value is -1.91. The molecule has 0 radical (unpaired) electrons. The summed E-state index contributed by atoms with van der Waals surface area (Å²) >= 11 is 0. The number of hydrogen-bond donors (Lipinski definition) is 1. The number of benzene rings is 1. The number of fused-ring (bicyclic) bond motifs is 1. The van der Waals surface area contributed by atoms with E-state index >= 15 is 0 Å². The molecule has 1 N–H and O–H groups in total. The van der Waals surface area contributed by atoms with Gasteiger partial charge < -0.3 is 5.11 Å². The first-order valence-corrected chi connectivity index (χ1v) is 7.60. The molecule has 0 saturated carbocycles. The van der Waals surface area contributed by atoms with Gasteiger partial charge in [-0.3, -0.25) is 4.79 Å². The maximum Gasteiger partial charge on any atom is 0.326 e. The highest BCUT2D eigenvalue weighted by molar-refractivity contribution is 7.90. The van der Waals surface area contributed by atoms with Gasteiger partial charge in [0.05, 0.1) is 6.07 Å². The van der Waals surface area contributed by atoms with E-state index in [0.29, 0.717) is 12.0 Å². The van der Waals surface area contributed by atoms with E-state index < -0.39 is 27.3 Å². The lowest BCUT2D eigenvalue weighted by molar-refractivity contribution is -0.142. The van der Waals surface area contributed by atoms with E-state index in [1.165, 1.54) is 6.92 Å². The molecule has 1 aromatic rings. The molecule has 0 fully saturated rings. The third-order valence-electron chi connectivity index (χ3n) is 3.43. The molecule has 0 saturated heterocycles. The Morgan fingerprint density at radius 3 is 2.75 bits per heavy atom. The van der Waals surface area contributed by atoms with Crippen molar-refractivity contribution in [1.29, 1.82) is 5.26 Å². The van der Waals surface area contributed by atoms with Crippen molar-refractivity contribution in [2.45, 2.75) is 24.6 Å². The molecular formula is C13H14N2O4S. The quantitative estimate of drug-likeness (QED) is 0.893. The topological polar surface area (TPSA) is 98.5 Å². The Labute approximate surface area is 117 Å². The summed E-state index contributed by atoms with van der Waals surface area (Å²) in [7, 11) is -3.96. The van der Waals surface area contributed by atoms with Crippen molar-refractivity contribution < 1.29 is 18.3 Å². The van der Waals surface area contributed by atoms with Gasteiger partial charge in [0.15, 0.2) is 5.25 Å². The number of aliphatic carboxylic acids is 1. The molecule has 20 heavy (non-hydrogen) atoms. The van der Waals surface area contributed by atoms with Crippen LogP contribution >= 0.6 is 0 Å². The fraction of sp³-hybridized carbons (Fsp3) is 0.385. The maximum absolute atomic E-state index is 12.3. The van der Waals surface area contributed by atoms with Crippen molar-refractivity contribution in [2.75, 3.05) is 6.54 Å². The Bertz CT molecular complexity index is 678. The van der Waals surface area contributed by atoms with Crippen LogP contribution in [0.15, 0.2) is 24.3 Å². The number of hydrogen-bond acceptors (Lipinski definition) is 4. The van der Waals surface area contributed by atoms with E-state index in [0.717, 1.165) is 9.87 Å². The minimum absolute atomic E-state index is 0.0718. The summed E-state index contributed by atoms with van der Waals surface area (Å²) in [4.78, 5) is 11.5. The molecule has 2 atom stereocenters. The second kappa shape index (κ2) is 5.23. The molecule has 1 aromatic carbocycles. The summed E-state index contributed by atoms with van der Waals surface area (Å²) in [5, 5.41) is 16.9. The van der Waals surface area contributed by atoms with Crippen LogP contribution < -0.4 is 0 Å². The van der Waals surface area contributed by atoms with E-state index in [9.17, 15) is 18.3 Å². The zero-order chi connectivity index (χ0) is 14.9. The summed E-state index contributed by atoms with van der Waals surface area (Å²) in [6.45, 7) is 1.33. The monoisotopic (exact) mass is 294 g/mol. The molecule has 0 aromatic heterocycles. The SMILES string of the molecule is CC(C#N)S(=O)(=O)N1CCc2ccccc2C1C(=O)O. The normalized spacial score (nSPS) is 20.7. The Kier molecular flexibility index (Phi) is 3.79. The average Bonchev–Trinajstić information content (AvgIpc) is 2.44. The number of nitriles is 1. The van der Waals surface area contributed by atoms with E-state index in [1.54, 1.807) is 30.3 Å². The minimum Gasteiger partial charge on any atom is -0.480 e. The molecule has 1 heterocycles. The van der Waals surface area contributed by atoms with Crippen LogP contribution in [0.4, 0.5) is 0 Å². The molecule has 6 nitrogen and oxygen atoms in total. The number of carbonyl (C=O) groups is 1. The number of nitrogens with zero attached hydrogens (tertiary/aromatic N) is 2. The van der Waals surface area contributed by atoms with Crippen molar-refractivity contribution in [3.8, 4) is 6.07 Å². The van der Waals surface area contributed by atoms with Crippen molar-refractivity contribution >= 4 is 16.0 Å². The van der Waals surface area contributed by atoms with Crippen LogP contribution in [0.2, 0.25) is 0 Å². The largest absolute Gasteiger partial charge is 0.480 e. The van der Waals surface area contributed by atoms with Gasteiger partial charge in [0.1, 0.15) is 6.04 Å². The van der Waals surface area contributed by atoms with Gasteiger partial charge in [0, 0.05) is 6.54 Å². The summed E-state index contributed by atoms with van der Waals surface area (Å²) in [6, 6.07) is 7.28. The minimum atomic E-state index is -3.96. The van der Waals surface area contributed by atoms with Gasteiger partial charge in [0.25, 0.3) is 0 Å². The van der Waals surface area contributed by atoms with Crippen LogP contribution in [0.25, 0.3) is 0 Å². The molecule has 1 aliphatic heterocycles. The highest BCUT2D eigenvalue weighted by Gasteiger charge is 2.42. The van der Waals surface area contributed by atoms with Crippen LogP contribution in [0.3, 0.4) is 0 Å². The predicted molar refractivity (Wildman–Crippen MR) is 71.2 cm³/mol. The van der Waals surface area contributed by atoms with Gasteiger partial charge in [-0.25, -0.2) is 8.42 Å². The number of sulfonamides is 1. The second-order valence-electron chi connectivity index (χ2n) is 4.62. The molecule has 0 amide bonds. The lowest BCUT2D eigenvalue weighted by Crippen LogP contribution is -2.46. The van der Waals surface area contributed by atoms with Crippen LogP contribution in [0, 0.1) is 11.3 Å². The molecule has 2 rings (SSSR count). The summed E-state index contributed by atoms with van der Waals surface area (Å²) in [6.07, 6.45) is 0.442. The van der Waals surface area contributed by atoms with Crippen molar-refractivity contribution in [2.24, 2.45) is 0 Å². The first kappa shape index (κ1) is 14.5. The average molecular weight is 294 g/mol. The zero-order valence-corrected chi connectivity index (χ0v) is 11.7. The lowest BCUT2D eigenvalue weighted by Gasteiger charge is -2.34. The van der Waals surface area contributed by atoms with Gasteiger partial charge in [-0.15, -0.1) is 0 Å². The lowest BCUT2D eigenvalue weighted by atomic mass is 9.94. The molecule has 0 aliphatic carbocycles. The fourth-order valence-electron chi connectivity index (χ4n) is 2.34. The zero-order valence-electron chi connectivity index (χ0n) is 10.9. The number of carboxylic acid groups (broad SMARTS) is 1. The van der Waals surface area contributed by atoms with Crippen molar-refractivity contribution in [1.82, 2.24) is 4.31 Å². The molecule has 0 spiro atoms. The highest BCUT2D eigenvalue weighted by Crippen LogP contribution is 2.33. The van der Waals surface area contributed by atoms with Gasteiger partial charge in [-0.2, -0.15) is 9.57 Å². The standard InChI is InChI=1S/C13H14N2O4S/c1-9(8-14)20(18,19)15-7-6-10-4-2-3-5-11(10)12(15)13(16)17/h2-5,9,12H,6-7H2,1H3,(H,16,17). The fourth-order valence-corrected chi connectivity index (χ4v) is 3.73. The summed E-state index contributed by atoms with van der Waals surface area (Å²) < 4.78 is 25.5. The summed E-state index contributed by atoms with van der Waals surface area (Å²) in [5.41, 5.74) is 1.30. The molecule has 106 valence electrons. The van der Waals surface area contributed by atoms with E-state index in [1.807, 2.05) is 0 Å². The maximum atomic E-state index is 12.3. The van der Waals surface area contributed by atoms with Crippen molar-refractivity contribution in [3.05, 3.63) is 35.4 Å². The molecular weight excluding hydrogens is 280 g/mol. The van der Waals surface area contributed by atoms with Gasteiger partial charge in [0.2, 0.25) is 10.0 Å². The van der Waals surface area contributed by atoms with Gasteiger partial charge in [-0.05, 0) is 24.5 Å². The molecule has 2 unspecified atom stereocenters. The van der Waals surface area contributed by atoms with Gasteiger partial charge >= 0.3 is 5.97 Å². The summed E-state index contributed by atoms with van der Waals surface area (Å²) in [5.74, 6) is -1.23. The highest BCUT2D eigenvalue weighted by atomic mass is 32.2.